The minimum Gasteiger partial charge on any atom is -0.496 e. The van der Waals surface area contributed by atoms with Crippen LogP contribution in [0.25, 0.3) is 0 Å². The summed E-state index contributed by atoms with van der Waals surface area (Å²) in [5.74, 6) is 0.413. The van der Waals surface area contributed by atoms with Gasteiger partial charge in [0.15, 0.2) is 0 Å². The predicted octanol–water partition coefficient (Wildman–Crippen LogP) is 4.91. The van der Waals surface area contributed by atoms with Gasteiger partial charge in [0.25, 0.3) is 10.0 Å². The summed E-state index contributed by atoms with van der Waals surface area (Å²) >= 11 is 6.17. The largest absolute Gasteiger partial charge is 0.496 e. The first-order chi connectivity index (χ1) is 16.2. The van der Waals surface area contributed by atoms with Crippen molar-refractivity contribution in [3.63, 3.8) is 0 Å². The third kappa shape index (κ3) is 6.30. The molecule has 1 N–H and O–H groups in total. The van der Waals surface area contributed by atoms with Crippen LogP contribution in [0.15, 0.2) is 71.6 Å². The molecule has 0 bridgehead atoms. The Morgan fingerprint density at radius 3 is 2.44 bits per heavy atom. The van der Waals surface area contributed by atoms with Gasteiger partial charge in [-0.1, -0.05) is 53.6 Å². The van der Waals surface area contributed by atoms with Gasteiger partial charge in [-0.05, 0) is 68.1 Å². The number of anilines is 1. The zero-order valence-electron chi connectivity index (χ0n) is 19.5. The summed E-state index contributed by atoms with van der Waals surface area (Å²) in [5.41, 5.74) is 3.07. The van der Waals surface area contributed by atoms with Crippen LogP contribution >= 0.6 is 11.6 Å². The van der Waals surface area contributed by atoms with E-state index in [1.807, 2.05) is 31.2 Å². The van der Waals surface area contributed by atoms with Gasteiger partial charge in [0, 0.05) is 11.6 Å². The monoisotopic (exact) mass is 500 g/mol. The summed E-state index contributed by atoms with van der Waals surface area (Å²) in [6, 6.07) is 19.3. The minimum absolute atomic E-state index is 0.112. The number of carbonyl (C=O) groups excluding carboxylic acids is 1. The highest BCUT2D eigenvalue weighted by molar-refractivity contribution is 7.92. The highest BCUT2D eigenvalue weighted by Crippen LogP contribution is 2.29. The van der Waals surface area contributed by atoms with Crippen LogP contribution in [-0.2, 0) is 21.2 Å². The molecular formula is C26H29ClN2O4S. The number of sulfonamides is 1. The molecule has 3 rings (SSSR count). The van der Waals surface area contributed by atoms with E-state index < -0.39 is 15.9 Å². The van der Waals surface area contributed by atoms with Crippen molar-refractivity contribution in [1.29, 1.82) is 0 Å². The quantitative estimate of drug-likeness (QED) is 0.401. The average Bonchev–Trinajstić information content (AvgIpc) is 2.82. The Morgan fingerprint density at radius 1 is 1.03 bits per heavy atom. The van der Waals surface area contributed by atoms with Crippen molar-refractivity contribution >= 4 is 33.2 Å². The van der Waals surface area contributed by atoms with Crippen molar-refractivity contribution in [3.05, 3.63) is 88.4 Å². The second-order valence-corrected chi connectivity index (χ2v) is 10.3. The maximum atomic E-state index is 13.5. The molecule has 0 radical (unpaired) electrons. The summed E-state index contributed by atoms with van der Waals surface area (Å²) in [5, 5.41) is 3.23. The number of amides is 1. The molecule has 0 saturated heterocycles. The highest BCUT2D eigenvalue weighted by Gasteiger charge is 2.28. The Morgan fingerprint density at radius 2 is 1.74 bits per heavy atom. The molecule has 0 heterocycles. The fourth-order valence-electron chi connectivity index (χ4n) is 3.59. The topological polar surface area (TPSA) is 75.7 Å². The van der Waals surface area contributed by atoms with Gasteiger partial charge in [-0.3, -0.25) is 9.10 Å². The molecule has 0 aliphatic rings. The summed E-state index contributed by atoms with van der Waals surface area (Å²) in [6.45, 7) is 3.72. The molecule has 0 unspecified atom stereocenters. The van der Waals surface area contributed by atoms with Crippen LogP contribution < -0.4 is 14.4 Å². The van der Waals surface area contributed by atoms with Crippen molar-refractivity contribution in [1.82, 2.24) is 5.32 Å². The normalized spacial score (nSPS) is 11.2. The number of hydrogen-bond acceptors (Lipinski definition) is 4. The molecule has 0 aliphatic carbocycles. The summed E-state index contributed by atoms with van der Waals surface area (Å²) in [6.07, 6.45) is 1.41. The van der Waals surface area contributed by atoms with Gasteiger partial charge in [0.2, 0.25) is 5.91 Å². The average molecular weight is 501 g/mol. The molecule has 0 atom stereocenters. The molecule has 6 nitrogen and oxygen atoms in total. The summed E-state index contributed by atoms with van der Waals surface area (Å²) in [7, 11) is -2.36. The SMILES string of the molecule is COc1ccccc1CCCNC(=O)CN(c1cc(Cl)ccc1C)S(=O)(=O)c1ccc(C)cc1. The van der Waals surface area contributed by atoms with Gasteiger partial charge in [0.05, 0.1) is 17.7 Å². The third-order valence-electron chi connectivity index (χ3n) is 5.47. The van der Waals surface area contributed by atoms with E-state index in [9.17, 15) is 13.2 Å². The lowest BCUT2D eigenvalue weighted by atomic mass is 10.1. The number of hydrogen-bond donors (Lipinski definition) is 1. The van der Waals surface area contributed by atoms with Gasteiger partial charge in [-0.25, -0.2) is 8.42 Å². The second kappa shape index (κ2) is 11.4. The lowest BCUT2D eigenvalue weighted by Crippen LogP contribution is -2.41. The van der Waals surface area contributed by atoms with E-state index in [1.165, 1.54) is 0 Å². The molecule has 8 heteroatoms. The van der Waals surface area contributed by atoms with Crippen LogP contribution in [0.1, 0.15) is 23.1 Å². The number of benzene rings is 3. The number of nitrogens with zero attached hydrogens (tertiary/aromatic N) is 1. The van der Waals surface area contributed by atoms with Crippen molar-refractivity contribution in [2.45, 2.75) is 31.6 Å². The Bertz CT molecular complexity index is 1240. The summed E-state index contributed by atoms with van der Waals surface area (Å²) < 4.78 is 33.5. The number of methoxy groups -OCH3 is 1. The van der Waals surface area contributed by atoms with E-state index >= 15 is 0 Å². The van der Waals surface area contributed by atoms with Crippen LogP contribution in [0.4, 0.5) is 5.69 Å². The van der Waals surface area contributed by atoms with Crippen LogP contribution in [0, 0.1) is 13.8 Å². The third-order valence-corrected chi connectivity index (χ3v) is 7.48. The first kappa shape index (κ1) is 25.6. The predicted molar refractivity (Wildman–Crippen MR) is 136 cm³/mol. The molecule has 0 saturated carbocycles. The molecule has 0 aromatic heterocycles. The number of aryl methyl sites for hydroxylation is 3. The van der Waals surface area contributed by atoms with E-state index in [1.54, 1.807) is 56.5 Å². The first-order valence-electron chi connectivity index (χ1n) is 11.0. The van der Waals surface area contributed by atoms with Crippen LogP contribution in [0.3, 0.4) is 0 Å². The molecule has 3 aromatic carbocycles. The van der Waals surface area contributed by atoms with E-state index in [0.717, 1.165) is 27.6 Å². The van der Waals surface area contributed by atoms with Crippen LogP contribution in [0.5, 0.6) is 5.75 Å². The van der Waals surface area contributed by atoms with E-state index in [4.69, 9.17) is 16.3 Å². The lowest BCUT2D eigenvalue weighted by Gasteiger charge is -2.26. The number of para-hydroxylation sites is 1. The molecule has 0 spiro atoms. The Kier molecular flexibility index (Phi) is 8.58. The fraction of sp³-hybridized carbons (Fsp3) is 0.269. The van der Waals surface area contributed by atoms with E-state index in [2.05, 4.69) is 5.32 Å². The second-order valence-electron chi connectivity index (χ2n) is 8.02. The van der Waals surface area contributed by atoms with Gasteiger partial charge in [0.1, 0.15) is 12.3 Å². The maximum Gasteiger partial charge on any atom is 0.264 e. The zero-order chi connectivity index (χ0) is 24.7. The van der Waals surface area contributed by atoms with Crippen molar-refractivity contribution in [2.75, 3.05) is 24.5 Å². The highest BCUT2D eigenvalue weighted by atomic mass is 35.5. The van der Waals surface area contributed by atoms with Crippen molar-refractivity contribution < 1.29 is 17.9 Å². The van der Waals surface area contributed by atoms with Gasteiger partial charge in [-0.15, -0.1) is 0 Å². The lowest BCUT2D eigenvalue weighted by molar-refractivity contribution is -0.119. The number of rotatable bonds is 10. The van der Waals surface area contributed by atoms with Gasteiger partial charge < -0.3 is 10.1 Å². The van der Waals surface area contributed by atoms with Crippen molar-refractivity contribution in [3.8, 4) is 5.75 Å². The Labute approximate surface area is 206 Å². The Balaban J connectivity index is 1.75. The molecule has 1 amide bonds. The van der Waals surface area contributed by atoms with Crippen LogP contribution in [-0.4, -0.2) is 34.5 Å². The number of ether oxygens (including phenoxy) is 1. The first-order valence-corrected chi connectivity index (χ1v) is 12.8. The van der Waals surface area contributed by atoms with Crippen LogP contribution in [0.2, 0.25) is 5.02 Å². The molecule has 180 valence electrons. The maximum absolute atomic E-state index is 13.5. The van der Waals surface area contributed by atoms with E-state index in [0.29, 0.717) is 29.2 Å². The smallest absolute Gasteiger partial charge is 0.264 e. The minimum atomic E-state index is -3.99. The summed E-state index contributed by atoms with van der Waals surface area (Å²) in [4.78, 5) is 12.9. The molecule has 0 aliphatic heterocycles. The molecule has 3 aromatic rings. The number of halogens is 1. The fourth-order valence-corrected chi connectivity index (χ4v) is 5.23. The Hall–Kier alpha value is -3.03. The van der Waals surface area contributed by atoms with Gasteiger partial charge >= 0.3 is 0 Å². The zero-order valence-corrected chi connectivity index (χ0v) is 21.1. The van der Waals surface area contributed by atoms with Crippen molar-refractivity contribution in [2.24, 2.45) is 0 Å². The van der Waals surface area contributed by atoms with Gasteiger partial charge in [-0.2, -0.15) is 0 Å². The standard InChI is InChI=1S/C26H29ClN2O4S/c1-19-10-14-23(15-11-19)34(31,32)29(24-17-22(27)13-12-20(24)2)18-26(30)28-16-6-8-21-7-4-5-9-25(21)33-3/h4-5,7,9-15,17H,6,8,16,18H2,1-3H3,(H,28,30). The van der Waals surface area contributed by atoms with E-state index in [-0.39, 0.29) is 11.4 Å². The number of carbonyl (C=O) groups is 1. The molecule has 34 heavy (non-hydrogen) atoms. The molecular weight excluding hydrogens is 472 g/mol. The molecule has 0 fully saturated rings. The number of nitrogens with one attached hydrogen (secondary N) is 1.